The molecule has 2 N–H and O–H groups in total. The molecule has 1 fully saturated rings. The van der Waals surface area contributed by atoms with Gasteiger partial charge in [0.05, 0.1) is 6.42 Å². The second-order valence-electron chi connectivity index (χ2n) is 4.38. The summed E-state index contributed by atoms with van der Waals surface area (Å²) >= 11 is 0. The Balaban J connectivity index is 2.03. The topological polar surface area (TPSA) is 87.2 Å². The molecule has 1 aromatic heterocycles. The number of carbonyl (C=O) groups excluding carboxylic acids is 2. The smallest absolute Gasteiger partial charge is 0.251 e. The number of likely N-dealkylation sites (N-methyl/N-ethyl adjacent to an activating group) is 1. The van der Waals surface area contributed by atoms with Gasteiger partial charge in [0.15, 0.2) is 0 Å². The molecule has 0 aromatic carbocycles. The van der Waals surface area contributed by atoms with Crippen molar-refractivity contribution in [3.05, 3.63) is 12.3 Å². The fourth-order valence-corrected chi connectivity index (χ4v) is 1.81. The van der Waals surface area contributed by atoms with Crippen LogP contribution in [0.15, 0.2) is 12.3 Å². The third kappa shape index (κ3) is 2.98. The summed E-state index contributed by atoms with van der Waals surface area (Å²) in [7, 11) is 1.49. The standard InChI is InChI=1S/C12H17N5O2/c1-3-5-13-12-14-6-4-9(16-12)15-8-7-10(18)17(2)11(8)19/h4,6,8H,3,5,7H2,1-2H3,(H2,13,14,15,16). The number of likely N-dealkylation sites (tertiary alicyclic amines) is 1. The lowest BCUT2D eigenvalue weighted by Crippen LogP contribution is -2.32. The summed E-state index contributed by atoms with van der Waals surface area (Å²) in [5, 5.41) is 6.03. The second-order valence-corrected chi connectivity index (χ2v) is 4.38. The van der Waals surface area contributed by atoms with Gasteiger partial charge in [-0.05, 0) is 12.5 Å². The molecule has 0 radical (unpaired) electrons. The first-order valence-corrected chi connectivity index (χ1v) is 6.25. The molecule has 7 heteroatoms. The molecule has 2 heterocycles. The van der Waals surface area contributed by atoms with E-state index in [2.05, 4.69) is 20.6 Å². The predicted molar refractivity (Wildman–Crippen MR) is 70.6 cm³/mol. The largest absolute Gasteiger partial charge is 0.358 e. The van der Waals surface area contributed by atoms with Crippen LogP contribution in [0.25, 0.3) is 0 Å². The molecule has 19 heavy (non-hydrogen) atoms. The minimum atomic E-state index is -0.536. The second kappa shape index (κ2) is 5.64. The van der Waals surface area contributed by atoms with Crippen molar-refractivity contribution in [1.82, 2.24) is 14.9 Å². The number of hydrogen-bond acceptors (Lipinski definition) is 6. The van der Waals surface area contributed by atoms with E-state index in [1.54, 1.807) is 12.3 Å². The molecule has 1 aliphatic heterocycles. The lowest BCUT2D eigenvalue weighted by atomic mass is 10.2. The lowest BCUT2D eigenvalue weighted by molar-refractivity contribution is -0.136. The highest BCUT2D eigenvalue weighted by Crippen LogP contribution is 2.16. The number of hydrogen-bond donors (Lipinski definition) is 2. The summed E-state index contributed by atoms with van der Waals surface area (Å²) < 4.78 is 0. The number of amides is 2. The van der Waals surface area contributed by atoms with Crippen LogP contribution in [0, 0.1) is 0 Å². The van der Waals surface area contributed by atoms with Gasteiger partial charge < -0.3 is 10.6 Å². The molecule has 7 nitrogen and oxygen atoms in total. The maximum absolute atomic E-state index is 11.8. The van der Waals surface area contributed by atoms with Crippen LogP contribution in [0.4, 0.5) is 11.8 Å². The van der Waals surface area contributed by atoms with Gasteiger partial charge in [0, 0.05) is 19.8 Å². The van der Waals surface area contributed by atoms with Crippen molar-refractivity contribution in [2.24, 2.45) is 0 Å². The third-order valence-electron chi connectivity index (χ3n) is 2.89. The van der Waals surface area contributed by atoms with E-state index in [0.717, 1.165) is 17.9 Å². The van der Waals surface area contributed by atoms with Crippen molar-refractivity contribution in [1.29, 1.82) is 0 Å². The fraction of sp³-hybridized carbons (Fsp3) is 0.500. The normalized spacial score (nSPS) is 18.8. The molecule has 0 bridgehead atoms. The summed E-state index contributed by atoms with van der Waals surface area (Å²) in [6, 6.07) is 1.14. The summed E-state index contributed by atoms with van der Waals surface area (Å²) in [6.45, 7) is 2.83. The third-order valence-corrected chi connectivity index (χ3v) is 2.89. The SMILES string of the molecule is CCCNc1nccc(NC2CC(=O)N(C)C2=O)n1. The van der Waals surface area contributed by atoms with Gasteiger partial charge in [0.2, 0.25) is 11.9 Å². The molecule has 0 aliphatic carbocycles. The van der Waals surface area contributed by atoms with Gasteiger partial charge in [0.1, 0.15) is 11.9 Å². The molecule has 0 spiro atoms. The van der Waals surface area contributed by atoms with Gasteiger partial charge in [-0.1, -0.05) is 6.92 Å². The quantitative estimate of drug-likeness (QED) is 0.751. The molecule has 1 unspecified atom stereocenters. The highest BCUT2D eigenvalue weighted by Gasteiger charge is 2.36. The van der Waals surface area contributed by atoms with Gasteiger partial charge in [-0.15, -0.1) is 0 Å². The maximum Gasteiger partial charge on any atom is 0.251 e. The Bertz CT molecular complexity index is 491. The lowest BCUT2D eigenvalue weighted by Gasteiger charge is -2.12. The van der Waals surface area contributed by atoms with E-state index < -0.39 is 6.04 Å². The van der Waals surface area contributed by atoms with Crippen LogP contribution in [0.3, 0.4) is 0 Å². The highest BCUT2D eigenvalue weighted by molar-refractivity contribution is 6.06. The van der Waals surface area contributed by atoms with E-state index in [9.17, 15) is 9.59 Å². The van der Waals surface area contributed by atoms with Crippen molar-refractivity contribution in [2.75, 3.05) is 24.2 Å². The summed E-state index contributed by atoms with van der Waals surface area (Å²) in [4.78, 5) is 32.6. The van der Waals surface area contributed by atoms with E-state index in [0.29, 0.717) is 11.8 Å². The first-order chi connectivity index (χ1) is 9.11. The minimum absolute atomic E-state index is 0.164. The number of imide groups is 1. The Morgan fingerprint density at radius 2 is 2.26 bits per heavy atom. The molecule has 1 atom stereocenters. The predicted octanol–water partition coefficient (Wildman–Crippen LogP) is 0.468. The Labute approximate surface area is 111 Å². The van der Waals surface area contributed by atoms with E-state index in [1.165, 1.54) is 7.05 Å². The Kier molecular flexibility index (Phi) is 3.94. The zero-order chi connectivity index (χ0) is 13.8. The van der Waals surface area contributed by atoms with Crippen molar-refractivity contribution in [2.45, 2.75) is 25.8 Å². The number of anilines is 2. The molecule has 2 rings (SSSR count). The number of carbonyl (C=O) groups is 2. The van der Waals surface area contributed by atoms with Crippen LogP contribution in [-0.4, -0.2) is 46.3 Å². The Hall–Kier alpha value is -2.18. The number of nitrogens with zero attached hydrogens (tertiary/aromatic N) is 3. The molecule has 2 amide bonds. The van der Waals surface area contributed by atoms with E-state index in [4.69, 9.17) is 0 Å². The molecular formula is C12H17N5O2. The van der Waals surface area contributed by atoms with E-state index in [1.807, 2.05) is 6.92 Å². The molecule has 1 aliphatic rings. The van der Waals surface area contributed by atoms with Gasteiger partial charge in [-0.25, -0.2) is 4.98 Å². The van der Waals surface area contributed by atoms with E-state index >= 15 is 0 Å². The fourth-order valence-electron chi connectivity index (χ4n) is 1.81. The number of nitrogens with one attached hydrogen (secondary N) is 2. The van der Waals surface area contributed by atoms with Crippen LogP contribution in [0.5, 0.6) is 0 Å². The van der Waals surface area contributed by atoms with Gasteiger partial charge in [-0.2, -0.15) is 4.98 Å². The van der Waals surface area contributed by atoms with Crippen LogP contribution in [0.1, 0.15) is 19.8 Å². The average Bonchev–Trinajstić information content (AvgIpc) is 2.64. The zero-order valence-electron chi connectivity index (χ0n) is 11.0. The Morgan fingerprint density at radius 1 is 1.47 bits per heavy atom. The molecule has 1 aromatic rings. The van der Waals surface area contributed by atoms with Gasteiger partial charge in [0.25, 0.3) is 5.91 Å². The number of rotatable bonds is 5. The van der Waals surface area contributed by atoms with Crippen molar-refractivity contribution < 1.29 is 9.59 Å². The van der Waals surface area contributed by atoms with Crippen LogP contribution in [-0.2, 0) is 9.59 Å². The van der Waals surface area contributed by atoms with Gasteiger partial charge in [-0.3, -0.25) is 14.5 Å². The van der Waals surface area contributed by atoms with Crippen LogP contribution >= 0.6 is 0 Å². The molecule has 1 saturated heterocycles. The highest BCUT2D eigenvalue weighted by atomic mass is 16.2. The van der Waals surface area contributed by atoms with Crippen molar-refractivity contribution in [3.8, 4) is 0 Å². The van der Waals surface area contributed by atoms with Crippen LogP contribution < -0.4 is 10.6 Å². The molecular weight excluding hydrogens is 246 g/mol. The van der Waals surface area contributed by atoms with Gasteiger partial charge >= 0.3 is 0 Å². The van der Waals surface area contributed by atoms with Crippen LogP contribution in [0.2, 0.25) is 0 Å². The first kappa shape index (κ1) is 13.3. The van der Waals surface area contributed by atoms with E-state index in [-0.39, 0.29) is 18.2 Å². The molecule has 102 valence electrons. The van der Waals surface area contributed by atoms with Crippen molar-refractivity contribution in [3.63, 3.8) is 0 Å². The van der Waals surface area contributed by atoms with Crippen molar-refractivity contribution >= 4 is 23.6 Å². The summed E-state index contributed by atoms with van der Waals surface area (Å²) in [5.74, 6) is 0.639. The maximum atomic E-state index is 11.8. The monoisotopic (exact) mass is 263 g/mol. The average molecular weight is 263 g/mol. The minimum Gasteiger partial charge on any atom is -0.358 e. The molecule has 0 saturated carbocycles. The number of aromatic nitrogens is 2. The Morgan fingerprint density at radius 3 is 2.89 bits per heavy atom. The summed E-state index contributed by atoms with van der Waals surface area (Å²) in [6.07, 6.45) is 2.75. The summed E-state index contributed by atoms with van der Waals surface area (Å²) in [5.41, 5.74) is 0. The zero-order valence-corrected chi connectivity index (χ0v) is 11.0. The first-order valence-electron chi connectivity index (χ1n) is 6.25.